The summed E-state index contributed by atoms with van der Waals surface area (Å²) in [5.74, 6) is 0.254. The number of nitrogen functional groups attached to an aromatic ring is 1. The van der Waals surface area contributed by atoms with Crippen LogP contribution >= 0.6 is 0 Å². The molecule has 5 rings (SSSR count). The van der Waals surface area contributed by atoms with Crippen molar-refractivity contribution in [2.24, 2.45) is 0 Å². The van der Waals surface area contributed by atoms with Gasteiger partial charge in [-0.15, -0.1) is 0 Å². The van der Waals surface area contributed by atoms with Gasteiger partial charge in [0.2, 0.25) is 0 Å². The maximum absolute atomic E-state index is 13.6. The van der Waals surface area contributed by atoms with Gasteiger partial charge in [-0.25, -0.2) is 13.9 Å². The predicted molar refractivity (Wildman–Crippen MR) is 106 cm³/mol. The Hall–Kier alpha value is -2.60. The Bertz CT molecular complexity index is 848. The molecule has 5 heterocycles. The zero-order valence-corrected chi connectivity index (χ0v) is 16.6. The van der Waals surface area contributed by atoms with Crippen molar-refractivity contribution in [3.63, 3.8) is 0 Å². The summed E-state index contributed by atoms with van der Waals surface area (Å²) >= 11 is 0. The molecule has 3 fully saturated rings. The van der Waals surface area contributed by atoms with Crippen LogP contribution in [0.4, 0.5) is 20.8 Å². The van der Waals surface area contributed by atoms with Crippen LogP contribution < -0.4 is 21.7 Å². The minimum absolute atomic E-state index is 0.0636. The van der Waals surface area contributed by atoms with E-state index in [1.54, 1.807) is 4.90 Å². The third-order valence-electron chi connectivity index (χ3n) is 6.45. The zero-order valence-electron chi connectivity index (χ0n) is 16.6. The summed E-state index contributed by atoms with van der Waals surface area (Å²) in [4.78, 5) is 29.0. The number of piperazine rings is 1. The van der Waals surface area contributed by atoms with E-state index in [2.05, 4.69) is 25.9 Å². The number of carbonyl (C=O) groups excluding carboxylic acids is 2. The normalized spacial score (nSPS) is 31.5. The Morgan fingerprint density at radius 1 is 1.30 bits per heavy atom. The number of halogens is 1. The molecule has 2 amide bonds. The Balaban J connectivity index is 1.30. The Labute approximate surface area is 173 Å². The molecule has 12 heteroatoms. The van der Waals surface area contributed by atoms with Crippen molar-refractivity contribution in [3.05, 3.63) is 5.56 Å². The van der Waals surface area contributed by atoms with E-state index >= 15 is 0 Å². The summed E-state index contributed by atoms with van der Waals surface area (Å²) in [6.45, 7) is 4.23. The molecule has 11 nitrogen and oxygen atoms in total. The lowest BCUT2D eigenvalue weighted by atomic mass is 9.96. The summed E-state index contributed by atoms with van der Waals surface area (Å²) in [6, 6.07) is 0.0841. The number of cyclic esters (lactones) is 1. The number of piperidine rings is 1. The number of hydrogen-bond acceptors (Lipinski definition) is 8. The van der Waals surface area contributed by atoms with Gasteiger partial charge in [-0.2, -0.15) is 5.10 Å². The van der Waals surface area contributed by atoms with Crippen LogP contribution in [0.15, 0.2) is 0 Å². The first-order valence-corrected chi connectivity index (χ1v) is 10.4. The maximum atomic E-state index is 13.6. The van der Waals surface area contributed by atoms with Crippen LogP contribution in [0.5, 0.6) is 0 Å². The minimum Gasteiger partial charge on any atom is -0.447 e. The number of nitrogens with zero attached hydrogens (tertiary/aromatic N) is 4. The van der Waals surface area contributed by atoms with Gasteiger partial charge in [-0.1, -0.05) is 0 Å². The molecule has 0 radical (unpaired) electrons. The van der Waals surface area contributed by atoms with Crippen LogP contribution in [-0.2, 0) is 11.3 Å². The van der Waals surface area contributed by atoms with Gasteiger partial charge in [0.05, 0.1) is 18.6 Å². The molecular formula is C18H27FN8O3. The zero-order chi connectivity index (χ0) is 20.8. The molecule has 4 aliphatic rings. The lowest BCUT2D eigenvalue weighted by molar-refractivity contribution is 0.0560. The average Bonchev–Trinajstić information content (AvgIpc) is 3.26. The molecule has 4 aliphatic heterocycles. The molecule has 0 aliphatic carbocycles. The largest absolute Gasteiger partial charge is 0.447 e. The highest BCUT2D eigenvalue weighted by molar-refractivity contribution is 6.03. The molecule has 0 aromatic carbocycles. The van der Waals surface area contributed by atoms with Crippen LogP contribution in [0.25, 0.3) is 0 Å². The third kappa shape index (κ3) is 3.33. The fourth-order valence-electron chi connectivity index (χ4n) is 4.96. The Morgan fingerprint density at radius 2 is 2.17 bits per heavy atom. The molecule has 30 heavy (non-hydrogen) atoms. The van der Waals surface area contributed by atoms with E-state index in [0.29, 0.717) is 25.5 Å². The highest BCUT2D eigenvalue weighted by Crippen LogP contribution is 2.27. The molecule has 1 aromatic rings. The van der Waals surface area contributed by atoms with Gasteiger partial charge in [0.25, 0.3) is 5.91 Å². The Morgan fingerprint density at radius 3 is 3.03 bits per heavy atom. The highest BCUT2D eigenvalue weighted by atomic mass is 19.1. The molecule has 4 atom stereocenters. The van der Waals surface area contributed by atoms with E-state index < -0.39 is 6.17 Å². The maximum Gasteiger partial charge on any atom is 0.410 e. The van der Waals surface area contributed by atoms with Crippen molar-refractivity contribution < 1.29 is 18.7 Å². The standard InChI is InChI=1S/C18H27FN8O3/c19-10-5-22-16-14(15(20)24-27(16)7-10)17(28)23-12-6-21-2-1-13(12)25-3-4-26-11(8-25)9-30-18(26)29/h10-13,21-22H,1-9H2,(H2,20,24)(H,23,28). The first kappa shape index (κ1) is 19.4. The molecule has 0 spiro atoms. The lowest BCUT2D eigenvalue weighted by Crippen LogP contribution is -2.64. The smallest absolute Gasteiger partial charge is 0.410 e. The summed E-state index contributed by atoms with van der Waals surface area (Å²) in [6.07, 6.45) is -0.417. The van der Waals surface area contributed by atoms with Gasteiger partial charge in [0, 0.05) is 38.8 Å². The third-order valence-corrected chi connectivity index (χ3v) is 6.45. The molecule has 0 bridgehead atoms. The summed E-state index contributed by atoms with van der Waals surface area (Å²) in [7, 11) is 0. The monoisotopic (exact) mass is 422 g/mol. The topological polar surface area (TPSA) is 130 Å². The van der Waals surface area contributed by atoms with Crippen molar-refractivity contribution in [3.8, 4) is 0 Å². The second-order valence-corrected chi connectivity index (χ2v) is 8.33. The number of rotatable bonds is 3. The number of nitrogens with two attached hydrogens (primary N) is 1. The number of fused-ring (bicyclic) bond motifs is 2. The molecular weight excluding hydrogens is 395 g/mol. The first-order chi connectivity index (χ1) is 14.5. The van der Waals surface area contributed by atoms with Gasteiger partial charge in [0.1, 0.15) is 24.2 Å². The number of carbonyl (C=O) groups is 2. The van der Waals surface area contributed by atoms with E-state index in [-0.39, 0.29) is 54.6 Å². The van der Waals surface area contributed by atoms with Crippen LogP contribution in [0, 0.1) is 0 Å². The summed E-state index contributed by atoms with van der Waals surface area (Å²) < 4.78 is 20.2. The minimum atomic E-state index is -1.07. The second kappa shape index (κ2) is 7.58. The molecule has 4 unspecified atom stereocenters. The van der Waals surface area contributed by atoms with E-state index in [1.165, 1.54) is 4.68 Å². The SMILES string of the molecule is Nc1nn2c(c1C(=O)NC1CNCCC1N1CCN3C(=O)OCC3C1)NCC(F)C2. The number of nitrogens with one attached hydrogen (secondary N) is 3. The van der Waals surface area contributed by atoms with Crippen molar-refractivity contribution in [2.75, 3.05) is 56.9 Å². The summed E-state index contributed by atoms with van der Waals surface area (Å²) in [5.41, 5.74) is 6.26. The molecule has 1 aromatic heterocycles. The van der Waals surface area contributed by atoms with Crippen LogP contribution in [0.2, 0.25) is 0 Å². The van der Waals surface area contributed by atoms with E-state index in [4.69, 9.17) is 10.5 Å². The fourth-order valence-corrected chi connectivity index (χ4v) is 4.96. The number of anilines is 2. The van der Waals surface area contributed by atoms with E-state index in [9.17, 15) is 14.0 Å². The van der Waals surface area contributed by atoms with E-state index in [1.807, 2.05) is 0 Å². The number of ether oxygens (including phenoxy) is 1. The quantitative estimate of drug-likeness (QED) is 0.479. The van der Waals surface area contributed by atoms with Crippen molar-refractivity contribution in [1.29, 1.82) is 0 Å². The number of hydrogen-bond donors (Lipinski definition) is 4. The fraction of sp³-hybridized carbons (Fsp3) is 0.722. The van der Waals surface area contributed by atoms with Crippen molar-refractivity contribution in [2.45, 2.75) is 37.3 Å². The van der Waals surface area contributed by atoms with Crippen molar-refractivity contribution >= 4 is 23.6 Å². The van der Waals surface area contributed by atoms with Crippen LogP contribution in [0.3, 0.4) is 0 Å². The van der Waals surface area contributed by atoms with Gasteiger partial charge in [-0.3, -0.25) is 14.6 Å². The molecule has 3 saturated heterocycles. The van der Waals surface area contributed by atoms with Gasteiger partial charge in [0.15, 0.2) is 5.82 Å². The predicted octanol–water partition coefficient (Wildman–Crippen LogP) is -1.17. The highest BCUT2D eigenvalue weighted by Gasteiger charge is 2.42. The van der Waals surface area contributed by atoms with Gasteiger partial charge >= 0.3 is 6.09 Å². The average molecular weight is 422 g/mol. The first-order valence-electron chi connectivity index (χ1n) is 10.4. The molecule has 164 valence electrons. The van der Waals surface area contributed by atoms with Crippen LogP contribution in [0.1, 0.15) is 16.8 Å². The van der Waals surface area contributed by atoms with E-state index in [0.717, 1.165) is 26.1 Å². The molecule has 0 saturated carbocycles. The Kier molecular flexibility index (Phi) is 4.89. The second-order valence-electron chi connectivity index (χ2n) is 8.33. The molecule has 5 N–H and O–H groups in total. The summed E-state index contributed by atoms with van der Waals surface area (Å²) in [5, 5.41) is 13.5. The van der Waals surface area contributed by atoms with Gasteiger partial charge < -0.3 is 26.4 Å². The lowest BCUT2D eigenvalue weighted by Gasteiger charge is -2.45. The number of aromatic nitrogens is 2. The number of amides is 2. The van der Waals surface area contributed by atoms with Gasteiger partial charge in [-0.05, 0) is 13.0 Å². The number of alkyl halides is 1. The van der Waals surface area contributed by atoms with Crippen LogP contribution in [-0.4, -0.2) is 102 Å². The van der Waals surface area contributed by atoms with Crippen molar-refractivity contribution in [1.82, 2.24) is 30.2 Å².